The number of benzene rings is 1. The molecular weight excluding hydrogens is 286 g/mol. The number of thiazole rings is 1. The topological polar surface area (TPSA) is 68.1 Å². The van der Waals surface area contributed by atoms with Crippen molar-refractivity contribution < 1.29 is 4.92 Å². The van der Waals surface area contributed by atoms with Crippen LogP contribution in [0.25, 0.3) is 0 Å². The lowest BCUT2D eigenvalue weighted by molar-refractivity contribution is -0.384. The molecule has 1 aromatic heterocycles. The van der Waals surface area contributed by atoms with Gasteiger partial charge in [0.05, 0.1) is 9.93 Å². The summed E-state index contributed by atoms with van der Waals surface area (Å²) in [5.41, 5.74) is 0.455. The first kappa shape index (κ1) is 13.8. The highest BCUT2D eigenvalue weighted by Gasteiger charge is 2.15. The number of halogens is 1. The molecule has 0 fully saturated rings. The predicted octanol–water partition coefficient (Wildman–Crippen LogP) is 3.92. The monoisotopic (exact) mass is 297 g/mol. The number of rotatable bonds is 5. The zero-order valence-corrected chi connectivity index (χ0v) is 11.7. The summed E-state index contributed by atoms with van der Waals surface area (Å²) in [5, 5.41) is 17.4. The summed E-state index contributed by atoms with van der Waals surface area (Å²) in [6, 6.07) is 4.47. The van der Waals surface area contributed by atoms with E-state index in [2.05, 4.69) is 10.3 Å². The highest BCUT2D eigenvalue weighted by Crippen LogP contribution is 2.28. The fourth-order valence-electron chi connectivity index (χ4n) is 1.64. The van der Waals surface area contributed by atoms with E-state index >= 15 is 0 Å². The molecule has 0 aliphatic heterocycles. The minimum atomic E-state index is -0.424. The van der Waals surface area contributed by atoms with Crippen LogP contribution in [0.1, 0.15) is 17.8 Å². The lowest BCUT2D eigenvalue weighted by Gasteiger charge is -2.11. The summed E-state index contributed by atoms with van der Waals surface area (Å²) >= 11 is 7.43. The molecule has 0 radical (unpaired) electrons. The molecule has 0 spiro atoms. The van der Waals surface area contributed by atoms with Crippen molar-refractivity contribution in [2.24, 2.45) is 0 Å². The Morgan fingerprint density at radius 2 is 2.37 bits per heavy atom. The second kappa shape index (κ2) is 5.99. The number of nitro benzene ring substituents is 1. The molecule has 1 aromatic carbocycles. The maximum atomic E-state index is 10.9. The smallest absolute Gasteiger partial charge is 0.292 e. The molecule has 0 saturated carbocycles. The molecule has 1 unspecified atom stereocenters. The van der Waals surface area contributed by atoms with Crippen LogP contribution in [-0.4, -0.2) is 16.5 Å². The molecule has 7 heteroatoms. The van der Waals surface area contributed by atoms with E-state index in [0.717, 1.165) is 5.01 Å². The van der Waals surface area contributed by atoms with E-state index in [1.54, 1.807) is 23.6 Å². The molecule has 0 bridgehead atoms. The van der Waals surface area contributed by atoms with Gasteiger partial charge in [-0.25, -0.2) is 4.98 Å². The van der Waals surface area contributed by atoms with Gasteiger partial charge in [-0.3, -0.25) is 10.1 Å². The third-order valence-corrected chi connectivity index (χ3v) is 3.87. The summed E-state index contributed by atoms with van der Waals surface area (Å²) in [6.07, 6.45) is 1.75. The Hall–Kier alpha value is -1.66. The van der Waals surface area contributed by atoms with Gasteiger partial charge in [-0.2, -0.15) is 0 Å². The van der Waals surface area contributed by atoms with Gasteiger partial charge in [0.2, 0.25) is 0 Å². The number of aromatic nitrogens is 1. The Morgan fingerprint density at radius 1 is 1.58 bits per heavy atom. The fraction of sp³-hybridized carbons (Fsp3) is 0.250. The van der Waals surface area contributed by atoms with E-state index in [4.69, 9.17) is 11.6 Å². The molecule has 19 heavy (non-hydrogen) atoms. The van der Waals surface area contributed by atoms with Gasteiger partial charge in [0.25, 0.3) is 5.69 Å². The van der Waals surface area contributed by atoms with Gasteiger partial charge >= 0.3 is 0 Å². The number of nitrogens with one attached hydrogen (secondary N) is 1. The molecule has 5 nitrogen and oxygen atoms in total. The highest BCUT2D eigenvalue weighted by molar-refractivity contribution is 7.09. The highest BCUT2D eigenvalue weighted by atomic mass is 35.5. The molecule has 100 valence electrons. The van der Waals surface area contributed by atoms with E-state index in [1.807, 2.05) is 12.3 Å². The first-order valence-electron chi connectivity index (χ1n) is 5.65. The van der Waals surface area contributed by atoms with Crippen molar-refractivity contribution in [1.82, 2.24) is 4.98 Å². The number of hydrogen-bond donors (Lipinski definition) is 1. The van der Waals surface area contributed by atoms with Gasteiger partial charge in [-0.15, -0.1) is 11.3 Å². The maximum absolute atomic E-state index is 10.9. The van der Waals surface area contributed by atoms with Crippen LogP contribution in [0.2, 0.25) is 5.02 Å². The van der Waals surface area contributed by atoms with Crippen molar-refractivity contribution in [3.05, 3.63) is 49.9 Å². The predicted molar refractivity (Wildman–Crippen MR) is 77.1 cm³/mol. The summed E-state index contributed by atoms with van der Waals surface area (Å²) in [4.78, 5) is 14.7. The lowest BCUT2D eigenvalue weighted by atomic mass is 10.2. The van der Waals surface area contributed by atoms with Crippen LogP contribution in [0.3, 0.4) is 0 Å². The van der Waals surface area contributed by atoms with Crippen molar-refractivity contribution in [1.29, 1.82) is 0 Å². The Balaban J connectivity index is 2.10. The molecule has 1 heterocycles. The summed E-state index contributed by atoms with van der Waals surface area (Å²) < 4.78 is 0. The lowest BCUT2D eigenvalue weighted by Crippen LogP contribution is -2.10. The molecule has 1 atom stereocenters. The van der Waals surface area contributed by atoms with Gasteiger partial charge in [0, 0.05) is 35.1 Å². The summed E-state index contributed by atoms with van der Waals surface area (Å²) in [6.45, 7) is 2.58. The Kier molecular flexibility index (Phi) is 4.34. The molecule has 2 aromatic rings. The van der Waals surface area contributed by atoms with Gasteiger partial charge in [-0.1, -0.05) is 18.5 Å². The van der Waals surface area contributed by atoms with Crippen LogP contribution in [0.5, 0.6) is 0 Å². The minimum Gasteiger partial charge on any atom is -0.379 e. The average Bonchev–Trinajstić information content (AvgIpc) is 2.89. The van der Waals surface area contributed by atoms with Gasteiger partial charge < -0.3 is 5.32 Å². The first-order chi connectivity index (χ1) is 9.08. The standard InChI is InChI=1S/C12H12ClN3O2S/c1-8(12-14-4-5-19-12)7-15-10-6-9(13)2-3-11(10)16(17)18/h2-6,8,15H,7H2,1H3. The van der Waals surface area contributed by atoms with Crippen molar-refractivity contribution in [3.63, 3.8) is 0 Å². The van der Waals surface area contributed by atoms with E-state index in [0.29, 0.717) is 17.3 Å². The largest absolute Gasteiger partial charge is 0.379 e. The second-order valence-electron chi connectivity index (χ2n) is 4.07. The number of nitrogens with zero attached hydrogens (tertiary/aromatic N) is 2. The molecule has 0 amide bonds. The SMILES string of the molecule is CC(CNc1cc(Cl)ccc1[N+](=O)[O-])c1nccs1. The van der Waals surface area contributed by atoms with Crippen LogP contribution in [-0.2, 0) is 0 Å². The van der Waals surface area contributed by atoms with Crippen molar-refractivity contribution in [2.45, 2.75) is 12.8 Å². The molecule has 0 aliphatic rings. The molecule has 2 rings (SSSR count). The quantitative estimate of drug-likeness (QED) is 0.671. The maximum Gasteiger partial charge on any atom is 0.292 e. The van der Waals surface area contributed by atoms with Crippen molar-refractivity contribution in [2.75, 3.05) is 11.9 Å². The summed E-state index contributed by atoms with van der Waals surface area (Å²) in [7, 11) is 0. The summed E-state index contributed by atoms with van der Waals surface area (Å²) in [5.74, 6) is 0.179. The average molecular weight is 298 g/mol. The van der Waals surface area contributed by atoms with Gasteiger partial charge in [0.1, 0.15) is 5.69 Å². The zero-order chi connectivity index (χ0) is 13.8. The molecule has 0 aliphatic carbocycles. The number of anilines is 1. The van der Waals surface area contributed by atoms with Gasteiger partial charge in [0.15, 0.2) is 0 Å². The third-order valence-electron chi connectivity index (χ3n) is 2.63. The second-order valence-corrected chi connectivity index (χ2v) is 5.43. The molecule has 0 saturated heterocycles. The van der Waals surface area contributed by atoms with Crippen LogP contribution in [0, 0.1) is 10.1 Å². The van der Waals surface area contributed by atoms with Crippen LogP contribution in [0.4, 0.5) is 11.4 Å². The van der Waals surface area contributed by atoms with E-state index < -0.39 is 4.92 Å². The first-order valence-corrected chi connectivity index (χ1v) is 6.91. The van der Waals surface area contributed by atoms with Crippen molar-refractivity contribution >= 4 is 34.3 Å². The number of hydrogen-bond acceptors (Lipinski definition) is 5. The van der Waals surface area contributed by atoms with E-state index in [1.165, 1.54) is 12.1 Å². The Labute approximate surface area is 119 Å². The fourth-order valence-corrected chi connectivity index (χ4v) is 2.51. The van der Waals surface area contributed by atoms with Crippen molar-refractivity contribution in [3.8, 4) is 0 Å². The zero-order valence-electron chi connectivity index (χ0n) is 10.2. The minimum absolute atomic E-state index is 0.0238. The number of nitro groups is 1. The Bertz CT molecular complexity index is 574. The molecule has 1 N–H and O–H groups in total. The Morgan fingerprint density at radius 3 is 3.00 bits per heavy atom. The van der Waals surface area contributed by atoms with E-state index in [-0.39, 0.29) is 11.6 Å². The third kappa shape index (κ3) is 3.42. The van der Waals surface area contributed by atoms with Gasteiger partial charge in [-0.05, 0) is 12.1 Å². The van der Waals surface area contributed by atoms with E-state index in [9.17, 15) is 10.1 Å². The van der Waals surface area contributed by atoms with Crippen LogP contribution in [0.15, 0.2) is 29.8 Å². The normalized spacial score (nSPS) is 12.1. The van der Waals surface area contributed by atoms with Crippen LogP contribution < -0.4 is 5.32 Å². The molecular formula is C12H12ClN3O2S. The van der Waals surface area contributed by atoms with Crippen LogP contribution >= 0.6 is 22.9 Å².